The lowest BCUT2D eigenvalue weighted by Gasteiger charge is -2.27. The van der Waals surface area contributed by atoms with Gasteiger partial charge in [0, 0.05) is 24.8 Å². The van der Waals surface area contributed by atoms with Crippen molar-refractivity contribution >= 4 is 5.69 Å². The third-order valence-corrected chi connectivity index (χ3v) is 3.18. The van der Waals surface area contributed by atoms with Crippen molar-refractivity contribution in [2.24, 2.45) is 0 Å². The van der Waals surface area contributed by atoms with Crippen molar-refractivity contribution in [1.29, 1.82) is 0 Å². The van der Waals surface area contributed by atoms with E-state index in [0.717, 1.165) is 26.1 Å². The standard InChI is InChI=1S/C16H26N2/c1-5-12-17-14(4)15-10-8-9-11-16(15)18(7-3)13-6-2/h6,8-11,14,17H,2,5,7,12-13H2,1,3-4H3. The quantitative estimate of drug-likeness (QED) is 0.703. The summed E-state index contributed by atoms with van der Waals surface area (Å²) in [5.74, 6) is 0. The number of rotatable bonds is 8. The van der Waals surface area contributed by atoms with E-state index in [2.05, 4.69) is 61.8 Å². The minimum atomic E-state index is 0.389. The molecule has 0 heterocycles. The molecule has 0 saturated heterocycles. The van der Waals surface area contributed by atoms with Gasteiger partial charge >= 0.3 is 0 Å². The van der Waals surface area contributed by atoms with Crippen molar-refractivity contribution in [2.45, 2.75) is 33.2 Å². The normalized spacial score (nSPS) is 12.2. The van der Waals surface area contributed by atoms with Gasteiger partial charge < -0.3 is 10.2 Å². The van der Waals surface area contributed by atoms with Crippen molar-refractivity contribution in [3.63, 3.8) is 0 Å². The first-order valence-electron chi connectivity index (χ1n) is 6.92. The Bertz CT molecular complexity index is 360. The molecule has 0 aliphatic rings. The summed E-state index contributed by atoms with van der Waals surface area (Å²) in [5.41, 5.74) is 2.69. The van der Waals surface area contributed by atoms with Gasteiger partial charge in [-0.1, -0.05) is 31.2 Å². The second-order valence-electron chi connectivity index (χ2n) is 4.56. The van der Waals surface area contributed by atoms with Gasteiger partial charge in [0.05, 0.1) is 0 Å². The van der Waals surface area contributed by atoms with Gasteiger partial charge in [-0.15, -0.1) is 6.58 Å². The summed E-state index contributed by atoms with van der Waals surface area (Å²) < 4.78 is 0. The average Bonchev–Trinajstić information content (AvgIpc) is 2.42. The molecule has 1 rings (SSSR count). The number of benzene rings is 1. The summed E-state index contributed by atoms with van der Waals surface area (Å²) in [7, 11) is 0. The highest BCUT2D eigenvalue weighted by molar-refractivity contribution is 5.55. The van der Waals surface area contributed by atoms with E-state index < -0.39 is 0 Å². The second kappa shape index (κ2) is 7.93. The first-order valence-corrected chi connectivity index (χ1v) is 6.92. The Kier molecular flexibility index (Phi) is 6.51. The van der Waals surface area contributed by atoms with Crippen LogP contribution in [0.5, 0.6) is 0 Å². The Morgan fingerprint density at radius 3 is 2.67 bits per heavy atom. The van der Waals surface area contributed by atoms with E-state index >= 15 is 0 Å². The molecule has 2 nitrogen and oxygen atoms in total. The maximum absolute atomic E-state index is 3.84. The van der Waals surface area contributed by atoms with Crippen LogP contribution < -0.4 is 10.2 Å². The zero-order valence-electron chi connectivity index (χ0n) is 11.9. The number of hydrogen-bond donors (Lipinski definition) is 1. The Morgan fingerprint density at radius 2 is 2.06 bits per heavy atom. The highest BCUT2D eigenvalue weighted by Crippen LogP contribution is 2.26. The number of hydrogen-bond acceptors (Lipinski definition) is 2. The summed E-state index contributed by atoms with van der Waals surface area (Å²) in [5, 5.41) is 3.56. The number of nitrogens with zero attached hydrogens (tertiary/aromatic N) is 1. The fraction of sp³-hybridized carbons (Fsp3) is 0.500. The van der Waals surface area contributed by atoms with Crippen molar-refractivity contribution in [3.05, 3.63) is 42.5 Å². The van der Waals surface area contributed by atoms with Gasteiger partial charge in [0.25, 0.3) is 0 Å². The van der Waals surface area contributed by atoms with Crippen LogP contribution in [-0.4, -0.2) is 19.6 Å². The Hall–Kier alpha value is -1.28. The van der Waals surface area contributed by atoms with Crippen molar-refractivity contribution < 1.29 is 0 Å². The predicted octanol–water partition coefficient (Wildman–Crippen LogP) is 3.76. The Morgan fingerprint density at radius 1 is 1.33 bits per heavy atom. The minimum Gasteiger partial charge on any atom is -0.368 e. The van der Waals surface area contributed by atoms with E-state index in [1.165, 1.54) is 11.3 Å². The fourth-order valence-electron chi connectivity index (χ4n) is 2.17. The lowest BCUT2D eigenvalue weighted by atomic mass is 10.0. The van der Waals surface area contributed by atoms with Gasteiger partial charge in [0.2, 0.25) is 0 Å². The summed E-state index contributed by atoms with van der Waals surface area (Å²) in [6.45, 7) is 13.4. The molecule has 0 spiro atoms. The van der Waals surface area contributed by atoms with Crippen molar-refractivity contribution in [3.8, 4) is 0 Å². The van der Waals surface area contributed by atoms with Crippen molar-refractivity contribution in [1.82, 2.24) is 5.32 Å². The molecule has 0 amide bonds. The van der Waals surface area contributed by atoms with E-state index in [9.17, 15) is 0 Å². The van der Waals surface area contributed by atoms with Crippen LogP contribution in [0.3, 0.4) is 0 Å². The highest BCUT2D eigenvalue weighted by Gasteiger charge is 2.12. The van der Waals surface area contributed by atoms with Crippen LogP contribution >= 0.6 is 0 Å². The monoisotopic (exact) mass is 246 g/mol. The molecule has 1 aromatic rings. The topological polar surface area (TPSA) is 15.3 Å². The number of para-hydroxylation sites is 1. The van der Waals surface area contributed by atoms with Gasteiger partial charge in [0.15, 0.2) is 0 Å². The van der Waals surface area contributed by atoms with Crippen LogP contribution in [0.15, 0.2) is 36.9 Å². The van der Waals surface area contributed by atoms with Crippen LogP contribution in [0.25, 0.3) is 0 Å². The summed E-state index contributed by atoms with van der Waals surface area (Å²) >= 11 is 0. The summed E-state index contributed by atoms with van der Waals surface area (Å²) in [4.78, 5) is 2.35. The van der Waals surface area contributed by atoms with Crippen LogP contribution in [0.4, 0.5) is 5.69 Å². The molecular weight excluding hydrogens is 220 g/mol. The lowest BCUT2D eigenvalue weighted by molar-refractivity contribution is 0.569. The minimum absolute atomic E-state index is 0.389. The molecule has 18 heavy (non-hydrogen) atoms. The van der Waals surface area contributed by atoms with Gasteiger partial charge in [-0.05, 0) is 38.4 Å². The smallest absolute Gasteiger partial charge is 0.0417 e. The van der Waals surface area contributed by atoms with Gasteiger partial charge in [0.1, 0.15) is 0 Å². The Labute approximate surface area is 112 Å². The van der Waals surface area contributed by atoms with Crippen LogP contribution in [-0.2, 0) is 0 Å². The van der Waals surface area contributed by atoms with Gasteiger partial charge in [-0.25, -0.2) is 0 Å². The third-order valence-electron chi connectivity index (χ3n) is 3.18. The molecule has 0 bridgehead atoms. The molecule has 0 radical (unpaired) electrons. The summed E-state index contributed by atoms with van der Waals surface area (Å²) in [6, 6.07) is 9.03. The summed E-state index contributed by atoms with van der Waals surface area (Å²) in [6.07, 6.45) is 3.13. The van der Waals surface area contributed by atoms with E-state index in [-0.39, 0.29) is 0 Å². The highest BCUT2D eigenvalue weighted by atomic mass is 15.1. The second-order valence-corrected chi connectivity index (χ2v) is 4.56. The van der Waals surface area contributed by atoms with Crippen LogP contribution in [0.1, 0.15) is 38.8 Å². The molecule has 1 N–H and O–H groups in total. The molecular formula is C16H26N2. The molecule has 0 aliphatic carbocycles. The van der Waals surface area contributed by atoms with E-state index in [4.69, 9.17) is 0 Å². The third kappa shape index (κ3) is 3.88. The van der Waals surface area contributed by atoms with E-state index in [0.29, 0.717) is 6.04 Å². The Balaban J connectivity index is 2.93. The fourth-order valence-corrected chi connectivity index (χ4v) is 2.17. The maximum atomic E-state index is 3.84. The lowest BCUT2D eigenvalue weighted by Crippen LogP contribution is -2.27. The van der Waals surface area contributed by atoms with Gasteiger partial charge in [-0.2, -0.15) is 0 Å². The first-order chi connectivity index (χ1) is 8.74. The van der Waals surface area contributed by atoms with E-state index in [1.807, 2.05) is 6.08 Å². The maximum Gasteiger partial charge on any atom is 0.0417 e. The molecule has 0 fully saturated rings. The predicted molar refractivity (Wildman–Crippen MR) is 81.2 cm³/mol. The molecule has 0 saturated carbocycles. The van der Waals surface area contributed by atoms with E-state index in [1.54, 1.807) is 0 Å². The first kappa shape index (κ1) is 14.8. The molecule has 1 unspecified atom stereocenters. The molecule has 1 atom stereocenters. The van der Waals surface area contributed by atoms with Crippen LogP contribution in [0, 0.1) is 0 Å². The molecule has 2 heteroatoms. The molecule has 100 valence electrons. The zero-order valence-corrected chi connectivity index (χ0v) is 11.9. The molecule has 0 aromatic heterocycles. The average molecular weight is 246 g/mol. The van der Waals surface area contributed by atoms with Gasteiger partial charge in [-0.3, -0.25) is 0 Å². The molecule has 0 aliphatic heterocycles. The zero-order chi connectivity index (χ0) is 13.4. The number of anilines is 1. The van der Waals surface area contributed by atoms with Crippen LogP contribution in [0.2, 0.25) is 0 Å². The van der Waals surface area contributed by atoms with Crippen molar-refractivity contribution in [2.75, 3.05) is 24.5 Å². The SMILES string of the molecule is C=CCN(CC)c1ccccc1C(C)NCCC. The number of likely N-dealkylation sites (N-methyl/N-ethyl adjacent to an activating group) is 1. The molecule has 1 aromatic carbocycles. The number of nitrogens with one attached hydrogen (secondary N) is 1. The largest absolute Gasteiger partial charge is 0.368 e.